The fourth-order valence-electron chi connectivity index (χ4n) is 3.29. The number of hydrogen-bond acceptors (Lipinski definition) is 5. The number of nitriles is 1. The summed E-state index contributed by atoms with van der Waals surface area (Å²) >= 11 is 0. The van der Waals surface area contributed by atoms with Gasteiger partial charge in [0.25, 0.3) is 5.91 Å². The summed E-state index contributed by atoms with van der Waals surface area (Å²) in [7, 11) is 1.59. The predicted molar refractivity (Wildman–Crippen MR) is 113 cm³/mol. The van der Waals surface area contributed by atoms with Gasteiger partial charge in [-0.1, -0.05) is 20.3 Å². The first-order valence-electron chi connectivity index (χ1n) is 10.00. The summed E-state index contributed by atoms with van der Waals surface area (Å²) in [6, 6.07) is 6.66. The van der Waals surface area contributed by atoms with E-state index < -0.39 is 23.3 Å². The van der Waals surface area contributed by atoms with E-state index in [-0.39, 0.29) is 47.4 Å². The smallest absolute Gasteiger partial charge is 0.272 e. The van der Waals surface area contributed by atoms with Crippen LogP contribution in [-0.4, -0.2) is 33.8 Å². The molecule has 2 aromatic rings. The van der Waals surface area contributed by atoms with Crippen molar-refractivity contribution in [2.24, 2.45) is 18.9 Å². The van der Waals surface area contributed by atoms with Crippen molar-refractivity contribution in [2.75, 3.05) is 11.9 Å². The maximum absolute atomic E-state index is 13.5. The Bertz CT molecular complexity index is 1050. The second-order valence-electron chi connectivity index (χ2n) is 7.63. The second-order valence-corrected chi connectivity index (χ2v) is 7.63. The van der Waals surface area contributed by atoms with E-state index in [4.69, 9.17) is 5.26 Å². The molecule has 0 radical (unpaired) electrons. The van der Waals surface area contributed by atoms with Gasteiger partial charge in [0.1, 0.15) is 17.6 Å². The topological polar surface area (TPSA) is 112 Å². The summed E-state index contributed by atoms with van der Waals surface area (Å²) in [5.41, 5.74) is 0.726. The number of carbonyl (C=O) groups excluding carboxylic acids is 3. The molecule has 0 fully saturated rings. The van der Waals surface area contributed by atoms with Gasteiger partial charge in [-0.25, -0.2) is 4.39 Å². The third kappa shape index (κ3) is 5.25. The van der Waals surface area contributed by atoms with E-state index in [1.54, 1.807) is 20.0 Å². The highest BCUT2D eigenvalue weighted by Gasteiger charge is 2.27. The molecule has 0 aliphatic heterocycles. The van der Waals surface area contributed by atoms with Crippen molar-refractivity contribution in [3.05, 3.63) is 52.6 Å². The normalized spacial score (nSPS) is 12.7. The van der Waals surface area contributed by atoms with Crippen LogP contribution in [0.5, 0.6) is 0 Å². The molecule has 7 nitrogen and oxygen atoms in total. The average Bonchev–Trinajstić information content (AvgIpc) is 3.06. The third-order valence-corrected chi connectivity index (χ3v) is 5.74. The quantitative estimate of drug-likeness (QED) is 0.471. The summed E-state index contributed by atoms with van der Waals surface area (Å²) < 4.78 is 15.0. The number of benzene rings is 1. The van der Waals surface area contributed by atoms with Crippen molar-refractivity contribution in [1.82, 2.24) is 4.57 Å². The second kappa shape index (κ2) is 10.1. The lowest BCUT2D eigenvalue weighted by molar-refractivity contribution is -0.116. The van der Waals surface area contributed by atoms with Crippen LogP contribution in [0.3, 0.4) is 0 Å². The van der Waals surface area contributed by atoms with Crippen molar-refractivity contribution in [2.45, 2.75) is 33.6 Å². The summed E-state index contributed by atoms with van der Waals surface area (Å²) in [5, 5.41) is 21.0. The van der Waals surface area contributed by atoms with Gasteiger partial charge in [0.05, 0.1) is 5.56 Å². The molecule has 0 aliphatic carbocycles. The van der Waals surface area contributed by atoms with E-state index in [1.165, 1.54) is 22.8 Å². The lowest BCUT2D eigenvalue weighted by Crippen LogP contribution is -2.24. The highest BCUT2D eigenvalue weighted by molar-refractivity contribution is 6.44. The Morgan fingerprint density at radius 3 is 2.55 bits per heavy atom. The van der Waals surface area contributed by atoms with Crippen molar-refractivity contribution in [1.29, 1.82) is 5.26 Å². The van der Waals surface area contributed by atoms with Gasteiger partial charge in [-0.05, 0) is 43.0 Å². The average molecular weight is 427 g/mol. The molecule has 0 spiro atoms. The molecular weight excluding hydrogens is 401 g/mol. The first kappa shape index (κ1) is 24.0. The van der Waals surface area contributed by atoms with Crippen LogP contribution in [0.4, 0.5) is 10.1 Å². The molecule has 2 rings (SSSR count). The minimum absolute atomic E-state index is 0.0628. The number of ketones is 2. The van der Waals surface area contributed by atoms with Gasteiger partial charge >= 0.3 is 0 Å². The lowest BCUT2D eigenvalue weighted by Gasteiger charge is -2.19. The van der Waals surface area contributed by atoms with Crippen molar-refractivity contribution in [3.8, 4) is 6.07 Å². The van der Waals surface area contributed by atoms with Gasteiger partial charge in [0.15, 0.2) is 0 Å². The molecule has 0 bridgehead atoms. The van der Waals surface area contributed by atoms with Crippen molar-refractivity contribution in [3.63, 3.8) is 0 Å². The molecule has 1 heterocycles. The number of nitrogens with zero attached hydrogens (tertiary/aromatic N) is 2. The van der Waals surface area contributed by atoms with Crippen LogP contribution >= 0.6 is 0 Å². The van der Waals surface area contributed by atoms with Gasteiger partial charge in [-0.2, -0.15) is 5.26 Å². The fraction of sp³-hybridized carbons (Fsp3) is 0.391. The van der Waals surface area contributed by atoms with Gasteiger partial charge in [0, 0.05) is 37.0 Å². The number of aliphatic hydroxyl groups is 1. The van der Waals surface area contributed by atoms with Crippen LogP contribution in [0.25, 0.3) is 0 Å². The Morgan fingerprint density at radius 1 is 1.29 bits per heavy atom. The van der Waals surface area contributed by atoms with Crippen LogP contribution in [0.2, 0.25) is 0 Å². The number of carbonyl (C=O) groups is 3. The number of aromatic nitrogens is 1. The summed E-state index contributed by atoms with van der Waals surface area (Å²) in [6.07, 6.45) is 0.713. The molecule has 164 valence electrons. The zero-order valence-corrected chi connectivity index (χ0v) is 18.0. The monoisotopic (exact) mass is 427 g/mol. The van der Waals surface area contributed by atoms with E-state index in [0.29, 0.717) is 5.69 Å². The molecule has 0 aliphatic rings. The van der Waals surface area contributed by atoms with Crippen LogP contribution in [-0.2, 0) is 11.8 Å². The molecular formula is C23H26FN3O4. The van der Waals surface area contributed by atoms with Gasteiger partial charge in [-0.15, -0.1) is 0 Å². The summed E-state index contributed by atoms with van der Waals surface area (Å²) in [4.78, 5) is 38.0. The fourth-order valence-corrected chi connectivity index (χ4v) is 3.29. The molecule has 1 aromatic heterocycles. The number of Topliss-reactive ketones (excluding diaryl/α,β-unsaturated/α-hetero) is 2. The van der Waals surface area contributed by atoms with Crippen LogP contribution in [0.1, 0.15) is 58.8 Å². The van der Waals surface area contributed by atoms with E-state index in [9.17, 15) is 23.9 Å². The number of amides is 1. The summed E-state index contributed by atoms with van der Waals surface area (Å²) in [6.45, 7) is 5.31. The number of nitrogens with one attached hydrogen (secondary N) is 1. The minimum Gasteiger partial charge on any atom is -0.396 e. The van der Waals surface area contributed by atoms with Crippen LogP contribution < -0.4 is 5.32 Å². The zero-order chi connectivity index (χ0) is 23.3. The predicted octanol–water partition coefficient (Wildman–Crippen LogP) is 3.39. The first-order valence-corrected chi connectivity index (χ1v) is 10.00. The van der Waals surface area contributed by atoms with E-state index >= 15 is 0 Å². The van der Waals surface area contributed by atoms with Gasteiger partial charge in [-0.3, -0.25) is 14.4 Å². The van der Waals surface area contributed by atoms with Crippen LogP contribution in [0, 0.1) is 35.9 Å². The molecule has 2 N–H and O–H groups in total. The van der Waals surface area contributed by atoms with E-state index in [2.05, 4.69) is 5.32 Å². The Hall–Kier alpha value is -3.31. The van der Waals surface area contributed by atoms with E-state index in [0.717, 1.165) is 12.5 Å². The number of rotatable bonds is 9. The largest absolute Gasteiger partial charge is 0.396 e. The number of hydrogen-bond donors (Lipinski definition) is 2. The Labute approximate surface area is 180 Å². The van der Waals surface area contributed by atoms with Gasteiger partial charge < -0.3 is 15.0 Å². The Balaban J connectivity index is 2.24. The standard InChI is InChI=1S/C23H26FN3O4/c1-5-13(2)16(12-28)9-21(29)22(30)18-10-20(27(4)14(18)3)23(31)26-17-6-7-19(24)15(8-17)11-25/h6-8,10,13,16,28H,5,9,12H2,1-4H3,(H,26,31)/t13-,16+/m0/s1. The molecule has 0 unspecified atom stereocenters. The minimum atomic E-state index is -0.706. The molecule has 2 atom stereocenters. The maximum Gasteiger partial charge on any atom is 0.272 e. The van der Waals surface area contributed by atoms with E-state index in [1.807, 2.05) is 13.8 Å². The highest BCUT2D eigenvalue weighted by Crippen LogP contribution is 2.22. The molecule has 0 saturated heterocycles. The Morgan fingerprint density at radius 2 is 1.97 bits per heavy atom. The summed E-state index contributed by atoms with van der Waals surface area (Å²) in [5.74, 6) is -2.80. The number of halogens is 1. The Kier molecular flexibility index (Phi) is 7.83. The number of anilines is 1. The molecule has 1 aromatic carbocycles. The molecule has 1 amide bonds. The van der Waals surface area contributed by atoms with Crippen molar-refractivity contribution < 1.29 is 23.9 Å². The van der Waals surface area contributed by atoms with Crippen molar-refractivity contribution >= 4 is 23.2 Å². The molecule has 8 heteroatoms. The maximum atomic E-state index is 13.5. The van der Waals surface area contributed by atoms with Crippen LogP contribution in [0.15, 0.2) is 24.3 Å². The molecule has 0 saturated carbocycles. The number of aliphatic hydroxyl groups excluding tert-OH is 1. The SMILES string of the molecule is CC[C@H](C)[C@@H](CO)CC(=O)C(=O)c1cc(C(=O)Nc2ccc(F)c(C#N)c2)n(C)c1C. The third-order valence-electron chi connectivity index (χ3n) is 5.74. The zero-order valence-electron chi connectivity index (χ0n) is 18.0. The lowest BCUT2D eigenvalue weighted by atomic mass is 9.87. The van der Waals surface area contributed by atoms with Gasteiger partial charge in [0.2, 0.25) is 11.6 Å². The first-order chi connectivity index (χ1) is 14.6. The molecule has 31 heavy (non-hydrogen) atoms. The highest BCUT2D eigenvalue weighted by atomic mass is 19.1.